The van der Waals surface area contributed by atoms with Crippen LogP contribution in [0, 0.1) is 11.7 Å². The van der Waals surface area contributed by atoms with Crippen molar-refractivity contribution < 1.29 is 22.3 Å². The molecule has 1 rings (SSSR count). The number of benzene rings is 1. The first kappa shape index (κ1) is 18.1. The van der Waals surface area contributed by atoms with Gasteiger partial charge in [0.05, 0.1) is 21.0 Å². The first-order valence-corrected chi connectivity index (χ1v) is 8.59. The predicted octanol–water partition coefficient (Wildman–Crippen LogP) is 2.83. The van der Waals surface area contributed by atoms with E-state index in [0.717, 1.165) is 12.1 Å². The van der Waals surface area contributed by atoms with Crippen molar-refractivity contribution in [3.63, 3.8) is 0 Å². The molecule has 0 radical (unpaired) electrons. The maximum atomic E-state index is 13.7. The molecule has 2 N–H and O–H groups in total. The van der Waals surface area contributed by atoms with Crippen LogP contribution in [0.1, 0.15) is 37.6 Å². The lowest BCUT2D eigenvalue weighted by molar-refractivity contribution is 0.0299. The molecule has 8 heteroatoms. The van der Waals surface area contributed by atoms with Crippen molar-refractivity contribution in [2.24, 2.45) is 11.1 Å². The summed E-state index contributed by atoms with van der Waals surface area (Å²) < 4.78 is 41.3. The second-order valence-corrected chi connectivity index (χ2v) is 7.48. The van der Waals surface area contributed by atoms with Gasteiger partial charge in [-0.15, -0.1) is 0 Å². The zero-order valence-electron chi connectivity index (χ0n) is 11.9. The molecule has 1 aromatic rings. The Bertz CT molecular complexity index is 646. The van der Waals surface area contributed by atoms with E-state index in [1.54, 1.807) is 6.92 Å². The average molecular weight is 382 g/mol. The summed E-state index contributed by atoms with van der Waals surface area (Å²) in [6, 6.07) is 1.90. The van der Waals surface area contributed by atoms with Gasteiger partial charge in [0.25, 0.3) is 0 Å². The van der Waals surface area contributed by atoms with Gasteiger partial charge in [0, 0.05) is 0 Å². The van der Waals surface area contributed by atoms with Crippen LogP contribution < -0.4 is 5.14 Å². The van der Waals surface area contributed by atoms with E-state index in [1.807, 2.05) is 13.8 Å². The summed E-state index contributed by atoms with van der Waals surface area (Å²) in [5.74, 6) is -1.36. The summed E-state index contributed by atoms with van der Waals surface area (Å²) in [5.41, 5.74) is -0.199. The molecule has 1 aromatic carbocycles. The molecule has 0 saturated heterocycles. The lowest BCUT2D eigenvalue weighted by Crippen LogP contribution is -2.19. The second-order valence-electron chi connectivity index (χ2n) is 5.16. The molecule has 0 amide bonds. The van der Waals surface area contributed by atoms with Gasteiger partial charge in [-0.05, 0) is 47.3 Å². The van der Waals surface area contributed by atoms with Gasteiger partial charge < -0.3 is 4.74 Å². The third-order valence-electron chi connectivity index (χ3n) is 2.65. The number of nitrogens with two attached hydrogens (primary N) is 1. The molecule has 118 valence electrons. The quantitative estimate of drug-likeness (QED) is 0.794. The van der Waals surface area contributed by atoms with E-state index in [4.69, 9.17) is 9.88 Å². The number of ether oxygens (including phenoxy) is 1. The molecule has 0 aliphatic heterocycles. The molecule has 0 fully saturated rings. The number of carbonyl (C=O) groups is 1. The largest absolute Gasteiger partial charge is 0.459 e. The van der Waals surface area contributed by atoms with Crippen LogP contribution in [0.5, 0.6) is 0 Å². The van der Waals surface area contributed by atoms with E-state index in [0.29, 0.717) is 12.3 Å². The Morgan fingerprint density at radius 2 is 1.95 bits per heavy atom. The molecule has 21 heavy (non-hydrogen) atoms. The van der Waals surface area contributed by atoms with Crippen LogP contribution in [0.25, 0.3) is 0 Å². The summed E-state index contributed by atoms with van der Waals surface area (Å²) in [6.07, 6.45) is 0.287. The number of hydrogen-bond acceptors (Lipinski definition) is 4. The SMILES string of the molecule is CC(C)CC(C)OC(=O)c1cc(F)c(Br)c(S(N)(=O)=O)c1. The summed E-state index contributed by atoms with van der Waals surface area (Å²) in [4.78, 5) is 11.4. The van der Waals surface area contributed by atoms with Crippen molar-refractivity contribution in [1.82, 2.24) is 0 Å². The Hall–Kier alpha value is -0.990. The van der Waals surface area contributed by atoms with Crippen molar-refractivity contribution in [1.29, 1.82) is 0 Å². The number of hydrogen-bond donors (Lipinski definition) is 1. The molecule has 0 heterocycles. The minimum Gasteiger partial charge on any atom is -0.459 e. The minimum absolute atomic E-state index is 0.199. The molecule has 1 unspecified atom stereocenters. The van der Waals surface area contributed by atoms with Crippen LogP contribution in [-0.4, -0.2) is 20.5 Å². The Labute approximate surface area is 131 Å². The highest BCUT2D eigenvalue weighted by molar-refractivity contribution is 9.10. The van der Waals surface area contributed by atoms with Gasteiger partial charge in [-0.2, -0.15) is 0 Å². The first-order chi connectivity index (χ1) is 9.52. The highest BCUT2D eigenvalue weighted by Crippen LogP contribution is 2.26. The highest BCUT2D eigenvalue weighted by atomic mass is 79.9. The summed E-state index contributed by atoms with van der Waals surface area (Å²) in [7, 11) is -4.15. The number of rotatable bonds is 5. The maximum Gasteiger partial charge on any atom is 0.338 e. The monoisotopic (exact) mass is 381 g/mol. The van der Waals surface area contributed by atoms with Gasteiger partial charge in [-0.25, -0.2) is 22.7 Å². The molecule has 0 aromatic heterocycles. The maximum absolute atomic E-state index is 13.7. The Balaban J connectivity index is 3.09. The van der Waals surface area contributed by atoms with Crippen LogP contribution in [-0.2, 0) is 14.8 Å². The van der Waals surface area contributed by atoms with E-state index in [-0.39, 0.29) is 16.1 Å². The van der Waals surface area contributed by atoms with Crippen LogP contribution in [0.15, 0.2) is 21.5 Å². The summed E-state index contributed by atoms with van der Waals surface area (Å²) >= 11 is 2.80. The Morgan fingerprint density at radius 1 is 1.38 bits per heavy atom. The van der Waals surface area contributed by atoms with E-state index >= 15 is 0 Å². The highest BCUT2D eigenvalue weighted by Gasteiger charge is 2.22. The van der Waals surface area contributed by atoms with E-state index in [2.05, 4.69) is 15.9 Å². The molecular formula is C13H17BrFNO4S. The molecular weight excluding hydrogens is 365 g/mol. The van der Waals surface area contributed by atoms with Crippen molar-refractivity contribution in [2.45, 2.75) is 38.2 Å². The molecule has 5 nitrogen and oxygen atoms in total. The lowest BCUT2D eigenvalue weighted by atomic mass is 10.1. The zero-order valence-corrected chi connectivity index (χ0v) is 14.3. The van der Waals surface area contributed by atoms with Gasteiger partial charge in [-0.1, -0.05) is 13.8 Å². The third kappa shape index (κ3) is 5.05. The first-order valence-electron chi connectivity index (χ1n) is 6.25. The number of sulfonamides is 1. The van der Waals surface area contributed by atoms with Gasteiger partial charge in [0.2, 0.25) is 10.0 Å². The van der Waals surface area contributed by atoms with Crippen LogP contribution >= 0.6 is 15.9 Å². The smallest absolute Gasteiger partial charge is 0.338 e. The zero-order chi connectivity index (χ0) is 16.4. The van der Waals surface area contributed by atoms with E-state index in [9.17, 15) is 17.6 Å². The Kier molecular flexibility index (Phi) is 5.89. The lowest BCUT2D eigenvalue weighted by Gasteiger charge is -2.15. The fourth-order valence-electron chi connectivity index (χ4n) is 1.85. The average Bonchev–Trinajstić information content (AvgIpc) is 2.29. The number of halogens is 2. The van der Waals surface area contributed by atoms with E-state index < -0.39 is 26.7 Å². The van der Waals surface area contributed by atoms with Gasteiger partial charge in [-0.3, -0.25) is 0 Å². The summed E-state index contributed by atoms with van der Waals surface area (Å²) in [6.45, 7) is 5.67. The molecule has 1 atom stereocenters. The van der Waals surface area contributed by atoms with Crippen LogP contribution in [0.4, 0.5) is 4.39 Å². The van der Waals surface area contributed by atoms with Gasteiger partial charge in [0.15, 0.2) is 0 Å². The fraction of sp³-hybridized carbons (Fsp3) is 0.462. The predicted molar refractivity (Wildman–Crippen MR) is 79.8 cm³/mol. The normalized spacial score (nSPS) is 13.3. The van der Waals surface area contributed by atoms with Crippen molar-refractivity contribution >= 4 is 31.9 Å². The van der Waals surface area contributed by atoms with Gasteiger partial charge in [0.1, 0.15) is 5.82 Å². The standard InChI is InChI=1S/C13H17BrFNO4S/c1-7(2)4-8(3)20-13(17)9-5-10(15)12(14)11(6-9)21(16,18)19/h5-8H,4H2,1-3H3,(H2,16,18,19). The third-order valence-corrected chi connectivity index (χ3v) is 4.65. The number of primary sulfonamides is 1. The molecule has 0 bridgehead atoms. The topological polar surface area (TPSA) is 86.5 Å². The molecule has 0 saturated carbocycles. The number of esters is 1. The fourth-order valence-corrected chi connectivity index (χ4v) is 3.40. The van der Waals surface area contributed by atoms with Crippen LogP contribution in [0.2, 0.25) is 0 Å². The number of carbonyl (C=O) groups excluding carboxylic acids is 1. The van der Waals surface area contributed by atoms with E-state index in [1.165, 1.54) is 0 Å². The van der Waals surface area contributed by atoms with Crippen LogP contribution in [0.3, 0.4) is 0 Å². The second kappa shape index (κ2) is 6.85. The molecule has 0 spiro atoms. The Morgan fingerprint density at radius 3 is 2.43 bits per heavy atom. The van der Waals surface area contributed by atoms with Gasteiger partial charge >= 0.3 is 5.97 Å². The van der Waals surface area contributed by atoms with Crippen molar-refractivity contribution in [2.75, 3.05) is 0 Å². The molecule has 0 aliphatic carbocycles. The minimum atomic E-state index is -4.15. The van der Waals surface area contributed by atoms with Crippen molar-refractivity contribution in [3.8, 4) is 0 Å². The molecule has 0 aliphatic rings. The van der Waals surface area contributed by atoms with Crippen molar-refractivity contribution in [3.05, 3.63) is 28.0 Å². The summed E-state index contributed by atoms with van der Waals surface area (Å²) in [5, 5.41) is 4.99.